The molecule has 19 heteroatoms. The van der Waals surface area contributed by atoms with Crippen LogP contribution in [-0.4, -0.2) is 133 Å². The third kappa shape index (κ3) is 12.4. The second kappa shape index (κ2) is 23.8. The second-order valence-corrected chi connectivity index (χ2v) is 20.4. The van der Waals surface area contributed by atoms with E-state index in [4.69, 9.17) is 48.7 Å². The van der Waals surface area contributed by atoms with Gasteiger partial charge in [0.1, 0.15) is 40.6 Å². The third-order valence-electron chi connectivity index (χ3n) is 14.0. The minimum absolute atomic E-state index is 0.0206. The van der Waals surface area contributed by atoms with Gasteiger partial charge in [0.15, 0.2) is 0 Å². The lowest BCUT2D eigenvalue weighted by molar-refractivity contribution is -0.142. The Morgan fingerprint density at radius 2 is 1.14 bits per heavy atom. The summed E-state index contributed by atoms with van der Waals surface area (Å²) in [6.07, 6.45) is 12.7. The van der Waals surface area contributed by atoms with Crippen molar-refractivity contribution < 1.29 is 28.6 Å². The zero-order chi connectivity index (χ0) is 53.6. The van der Waals surface area contributed by atoms with Gasteiger partial charge in [0.25, 0.3) is 0 Å². The number of nitrogens with zero attached hydrogens (tertiary/aromatic N) is 9. The quantitative estimate of drug-likeness (QED) is 0.104. The molecule has 4 aromatic heterocycles. The SMILES string of the molecule is N#Cc1cn(Cc2coc3ccc(C4=CCN(CC(=O)N5CC(O)C5)CC4)cc23)nc1-c1ccc(Cl)cc1.N#Cc1cn(Cc2coc3ccc(C4=CCNCC4)cc23)nc1-c1ccc(Cl)cc1.O=C(CCl)N1CC(O)C1. The number of halogens is 3. The summed E-state index contributed by atoms with van der Waals surface area (Å²) < 4.78 is 15.2. The zero-order valence-electron chi connectivity index (χ0n) is 41.8. The molecule has 0 bridgehead atoms. The number of β-amino-alcohol motifs (C(OH)–C–C–N with tert-alkyl or cyclic N) is 2. The minimum Gasteiger partial charge on any atom is -0.464 e. The van der Waals surface area contributed by atoms with Crippen LogP contribution in [0.2, 0.25) is 10.0 Å². The fraction of sp³-hybridized carbons (Fsp3) is 0.276. The summed E-state index contributed by atoms with van der Waals surface area (Å²) in [6.45, 7) is 6.60. The number of aliphatic hydroxyl groups excluding tert-OH is 2. The van der Waals surface area contributed by atoms with E-state index in [9.17, 15) is 25.2 Å². The van der Waals surface area contributed by atoms with Crippen LogP contribution in [0, 0.1) is 22.7 Å². The van der Waals surface area contributed by atoms with E-state index >= 15 is 0 Å². The predicted octanol–water partition coefficient (Wildman–Crippen LogP) is 8.84. The Hall–Kier alpha value is -7.51. The largest absolute Gasteiger partial charge is 0.464 e. The van der Waals surface area contributed by atoms with Gasteiger partial charge in [-0.2, -0.15) is 20.7 Å². The van der Waals surface area contributed by atoms with Gasteiger partial charge >= 0.3 is 0 Å². The molecular formula is C58H53Cl3N10O6. The Balaban J connectivity index is 0.000000153. The van der Waals surface area contributed by atoms with Crippen LogP contribution in [0.3, 0.4) is 0 Å². The van der Waals surface area contributed by atoms with Crippen LogP contribution in [-0.2, 0) is 22.7 Å². The number of aromatic nitrogens is 4. The normalized spacial score (nSPS) is 15.8. The molecule has 4 aromatic carbocycles. The molecule has 77 heavy (non-hydrogen) atoms. The van der Waals surface area contributed by atoms with Gasteiger partial charge in [-0.05, 0) is 90.2 Å². The summed E-state index contributed by atoms with van der Waals surface area (Å²) in [7, 11) is 0. The third-order valence-corrected chi connectivity index (χ3v) is 14.7. The smallest absolute Gasteiger partial charge is 0.237 e. The van der Waals surface area contributed by atoms with Crippen molar-refractivity contribution >= 4 is 79.7 Å². The first kappa shape index (κ1) is 52.9. The number of nitrogens with one attached hydrogen (secondary N) is 1. The number of furan rings is 2. The molecule has 3 N–H and O–H groups in total. The van der Waals surface area contributed by atoms with E-state index in [-0.39, 0.29) is 29.9 Å². The Kier molecular flexibility index (Phi) is 16.4. The maximum Gasteiger partial charge on any atom is 0.237 e. The minimum atomic E-state index is -0.373. The van der Waals surface area contributed by atoms with Crippen molar-refractivity contribution in [3.8, 4) is 34.7 Å². The van der Waals surface area contributed by atoms with Crippen LogP contribution in [0.15, 0.2) is 131 Å². The number of amides is 2. The number of nitriles is 2. The topological polar surface area (TPSA) is 206 Å². The van der Waals surface area contributed by atoms with Crippen LogP contribution in [0.5, 0.6) is 0 Å². The van der Waals surface area contributed by atoms with Gasteiger partial charge in [0.05, 0.1) is 55.5 Å². The van der Waals surface area contributed by atoms with Crippen LogP contribution in [0.25, 0.3) is 55.6 Å². The van der Waals surface area contributed by atoms with Crippen molar-refractivity contribution in [2.75, 3.05) is 64.8 Å². The highest BCUT2D eigenvalue weighted by atomic mass is 35.5. The van der Waals surface area contributed by atoms with Crippen LogP contribution in [0.4, 0.5) is 0 Å². The maximum absolute atomic E-state index is 12.3. The number of carbonyl (C=O) groups is 2. The van der Waals surface area contributed by atoms with Crippen LogP contribution < -0.4 is 5.32 Å². The zero-order valence-corrected chi connectivity index (χ0v) is 44.1. The maximum atomic E-state index is 12.3. The van der Waals surface area contributed by atoms with E-state index < -0.39 is 0 Å². The molecule has 0 spiro atoms. The Morgan fingerprint density at radius 3 is 1.57 bits per heavy atom. The number of benzene rings is 4. The molecule has 4 aliphatic rings. The lowest BCUT2D eigenvalue weighted by atomic mass is 9.97. The number of fused-ring (bicyclic) bond motifs is 2. The summed E-state index contributed by atoms with van der Waals surface area (Å²) >= 11 is 17.2. The van der Waals surface area contributed by atoms with Gasteiger partial charge in [-0.1, -0.05) is 71.8 Å². The van der Waals surface area contributed by atoms with E-state index in [0.29, 0.717) is 84.9 Å². The summed E-state index contributed by atoms with van der Waals surface area (Å²) in [6, 6.07) is 31.7. The number of aliphatic hydroxyl groups is 2. The van der Waals surface area contributed by atoms with Crippen molar-refractivity contribution in [3.05, 3.63) is 165 Å². The van der Waals surface area contributed by atoms with Gasteiger partial charge in [-0.15, -0.1) is 11.6 Å². The average molecular weight is 1090 g/mol. The summed E-state index contributed by atoms with van der Waals surface area (Å²) in [5, 5.41) is 53.5. The molecule has 8 heterocycles. The fourth-order valence-electron chi connectivity index (χ4n) is 9.66. The molecule has 12 rings (SSSR count). The average Bonchev–Trinajstić information content (AvgIpc) is 4.28. The summed E-state index contributed by atoms with van der Waals surface area (Å²) in [5.41, 5.74) is 12.7. The summed E-state index contributed by atoms with van der Waals surface area (Å²) in [5.74, 6) is 0.00294. The molecule has 8 aromatic rings. The highest BCUT2D eigenvalue weighted by Gasteiger charge is 2.30. The van der Waals surface area contributed by atoms with E-state index in [1.165, 1.54) is 21.6 Å². The van der Waals surface area contributed by atoms with Crippen molar-refractivity contribution in [2.45, 2.75) is 38.1 Å². The number of rotatable bonds is 11. The molecule has 2 amide bonds. The Morgan fingerprint density at radius 1 is 0.662 bits per heavy atom. The van der Waals surface area contributed by atoms with Crippen molar-refractivity contribution in [1.29, 1.82) is 10.5 Å². The first-order chi connectivity index (χ1) is 37.4. The first-order valence-corrected chi connectivity index (χ1v) is 26.5. The highest BCUT2D eigenvalue weighted by molar-refractivity contribution is 6.31. The van der Waals surface area contributed by atoms with E-state index in [0.717, 1.165) is 82.2 Å². The van der Waals surface area contributed by atoms with Crippen molar-refractivity contribution in [3.63, 3.8) is 0 Å². The molecule has 2 fully saturated rings. The molecule has 16 nitrogen and oxygen atoms in total. The molecule has 2 saturated heterocycles. The van der Waals surface area contributed by atoms with E-state index in [1.807, 2.05) is 36.4 Å². The molecule has 0 radical (unpaired) electrons. The van der Waals surface area contributed by atoms with Gasteiger partial charge < -0.3 is 34.2 Å². The number of likely N-dealkylation sites (tertiary alicyclic amines) is 2. The number of hydrogen-bond acceptors (Lipinski definition) is 12. The monoisotopic (exact) mass is 1090 g/mol. The molecule has 0 unspecified atom stereocenters. The van der Waals surface area contributed by atoms with E-state index in [1.54, 1.807) is 63.4 Å². The molecule has 4 aliphatic heterocycles. The highest BCUT2D eigenvalue weighted by Crippen LogP contribution is 2.32. The van der Waals surface area contributed by atoms with Crippen LogP contribution in [0.1, 0.15) is 46.2 Å². The van der Waals surface area contributed by atoms with Gasteiger partial charge in [-0.25, -0.2) is 0 Å². The van der Waals surface area contributed by atoms with Crippen LogP contribution >= 0.6 is 34.8 Å². The van der Waals surface area contributed by atoms with Gasteiger partial charge in [0.2, 0.25) is 11.8 Å². The lowest BCUT2D eigenvalue weighted by Gasteiger charge is -2.37. The Bertz CT molecular complexity index is 3590. The molecule has 0 aliphatic carbocycles. The molecule has 0 atom stereocenters. The Labute approximate surface area is 459 Å². The lowest BCUT2D eigenvalue weighted by Crippen LogP contribution is -2.56. The second-order valence-electron chi connectivity index (χ2n) is 19.3. The van der Waals surface area contributed by atoms with Crippen molar-refractivity contribution in [1.82, 2.24) is 39.6 Å². The molecule has 0 saturated carbocycles. The van der Waals surface area contributed by atoms with Crippen molar-refractivity contribution in [2.24, 2.45) is 0 Å². The fourth-order valence-corrected chi connectivity index (χ4v) is 10.1. The number of carbonyl (C=O) groups excluding carboxylic acids is 2. The summed E-state index contributed by atoms with van der Waals surface area (Å²) in [4.78, 5) is 28.3. The molecule has 392 valence electrons. The van der Waals surface area contributed by atoms with E-state index in [2.05, 4.69) is 69.0 Å². The number of hydrogen-bond donors (Lipinski definition) is 3. The molecular weight excluding hydrogens is 1040 g/mol. The predicted molar refractivity (Wildman–Crippen MR) is 296 cm³/mol. The number of alkyl halides is 1. The first-order valence-electron chi connectivity index (χ1n) is 25.2. The standard InChI is InChI=1S/C29H26ClN5O3.C24H19ClN4O.C5H8ClNO2/c30-24-4-1-20(2-5-24)29-22(12-31)13-35(32-29)14-23-18-38-27-6-3-21(11-26(23)27)19-7-9-33(10-8-19)17-28(37)34-15-25(36)16-34;25-21-4-1-17(2-5-21)24-19(12-26)13-29(28-24)14-20-15-30-23-6-3-18(11-22(20)23)16-7-9-27-10-8-16;6-1-5(9)7-2-4(8)3-7/h1-7,11,13,18,25,36H,8-10,14-17H2;1-7,11,13,15,27H,8-10,14H2;4,8H,1-3H2. The van der Waals surface area contributed by atoms with Gasteiger partial charge in [-0.3, -0.25) is 23.9 Å². The van der Waals surface area contributed by atoms with Gasteiger partial charge in [0, 0.05) is 101 Å².